The molecule has 0 aromatic heterocycles. The van der Waals surface area contributed by atoms with Crippen molar-refractivity contribution in [2.24, 2.45) is 16.9 Å². The summed E-state index contributed by atoms with van der Waals surface area (Å²) < 4.78 is 5.36. The van der Waals surface area contributed by atoms with Gasteiger partial charge in [0.1, 0.15) is 11.3 Å². The van der Waals surface area contributed by atoms with Gasteiger partial charge in [0.2, 0.25) is 5.91 Å². The van der Waals surface area contributed by atoms with Crippen LogP contribution in [0.15, 0.2) is 35.4 Å². The van der Waals surface area contributed by atoms with Gasteiger partial charge in [-0.05, 0) is 32.8 Å². The van der Waals surface area contributed by atoms with Crippen LogP contribution in [0, 0.1) is 11.8 Å². The lowest BCUT2D eigenvalue weighted by Crippen LogP contribution is -2.46. The summed E-state index contributed by atoms with van der Waals surface area (Å²) in [5.74, 6) is -1.26. The predicted octanol–water partition coefficient (Wildman–Crippen LogP) is 2.31. The third-order valence-electron chi connectivity index (χ3n) is 3.56. The number of ether oxygens (including phenoxy) is 1. The molecule has 1 aromatic carbocycles. The van der Waals surface area contributed by atoms with E-state index in [4.69, 9.17) is 4.74 Å². The molecule has 2 atom stereocenters. The smallest absolute Gasteiger partial charge is 0.355 e. The molecule has 1 aromatic rings. The van der Waals surface area contributed by atoms with Gasteiger partial charge in [0.05, 0.1) is 5.92 Å². The second-order valence-electron chi connectivity index (χ2n) is 6.56. The number of nitrogens with zero attached hydrogens (tertiary/aromatic N) is 1. The molecule has 0 saturated heterocycles. The van der Waals surface area contributed by atoms with Crippen LogP contribution in [0.25, 0.3) is 0 Å². The molecule has 0 unspecified atom stereocenters. The highest BCUT2D eigenvalue weighted by Crippen LogP contribution is 2.24. The van der Waals surface area contributed by atoms with Crippen LogP contribution < -0.4 is 5.43 Å². The van der Waals surface area contributed by atoms with Crippen LogP contribution in [0.4, 0.5) is 0 Å². The van der Waals surface area contributed by atoms with E-state index in [1.165, 1.54) is 0 Å². The molecule has 118 valence electrons. The molecule has 0 fully saturated rings. The average molecular weight is 302 g/mol. The molecule has 0 spiro atoms. The molecular weight excluding hydrogens is 280 g/mol. The number of carbonyl (C=O) groups is 2. The molecule has 0 aliphatic carbocycles. The Bertz CT molecular complexity index is 588. The Balaban J connectivity index is 2.15. The highest BCUT2D eigenvalue weighted by molar-refractivity contribution is 6.38. The lowest BCUT2D eigenvalue weighted by Gasteiger charge is -2.29. The van der Waals surface area contributed by atoms with Gasteiger partial charge in [0, 0.05) is 5.92 Å². The number of hydrazone groups is 1. The zero-order valence-corrected chi connectivity index (χ0v) is 13.4. The largest absolute Gasteiger partial charge is 0.455 e. The summed E-state index contributed by atoms with van der Waals surface area (Å²) in [6, 6.07) is 9.74. The van der Waals surface area contributed by atoms with E-state index in [0.717, 1.165) is 5.56 Å². The fourth-order valence-corrected chi connectivity index (χ4v) is 2.42. The number of nitrogens with one attached hydrogen (secondary N) is 1. The van der Waals surface area contributed by atoms with Gasteiger partial charge in [-0.15, -0.1) is 0 Å². The van der Waals surface area contributed by atoms with Crippen molar-refractivity contribution in [3.05, 3.63) is 35.9 Å². The first kappa shape index (κ1) is 16.2. The van der Waals surface area contributed by atoms with Crippen LogP contribution >= 0.6 is 0 Å². The van der Waals surface area contributed by atoms with Gasteiger partial charge in [-0.1, -0.05) is 37.3 Å². The highest BCUT2D eigenvalue weighted by atomic mass is 16.6. The minimum atomic E-state index is -0.588. The summed E-state index contributed by atoms with van der Waals surface area (Å²) in [5, 5.41) is 3.91. The van der Waals surface area contributed by atoms with Crippen LogP contribution in [0.1, 0.15) is 33.3 Å². The van der Waals surface area contributed by atoms with E-state index in [1.54, 1.807) is 20.8 Å². The minimum absolute atomic E-state index is 0.163. The number of hydrogen-bond acceptors (Lipinski definition) is 4. The van der Waals surface area contributed by atoms with E-state index in [-0.39, 0.29) is 23.5 Å². The average Bonchev–Trinajstić information content (AvgIpc) is 2.42. The minimum Gasteiger partial charge on any atom is -0.455 e. The van der Waals surface area contributed by atoms with Crippen LogP contribution in [-0.4, -0.2) is 23.2 Å². The van der Waals surface area contributed by atoms with E-state index in [2.05, 4.69) is 10.5 Å². The van der Waals surface area contributed by atoms with E-state index >= 15 is 0 Å². The monoisotopic (exact) mass is 302 g/mol. The molecular formula is C17H22N2O3. The summed E-state index contributed by atoms with van der Waals surface area (Å²) >= 11 is 0. The molecule has 1 amide bonds. The first-order chi connectivity index (χ1) is 10.3. The summed E-state index contributed by atoms with van der Waals surface area (Å²) in [7, 11) is 0. The van der Waals surface area contributed by atoms with Crippen LogP contribution in [-0.2, 0) is 20.7 Å². The maximum Gasteiger partial charge on any atom is 0.355 e. The zero-order chi connectivity index (χ0) is 16.3. The SMILES string of the molecule is C[C@H]1C(C(=O)OC(C)(C)C)=NNC(=O)[C@H]1Cc1ccccc1. The molecule has 1 heterocycles. The summed E-state index contributed by atoms with van der Waals surface area (Å²) in [5.41, 5.74) is 3.19. The second-order valence-corrected chi connectivity index (χ2v) is 6.56. The molecule has 5 heteroatoms. The number of esters is 1. The molecule has 0 radical (unpaired) electrons. The topological polar surface area (TPSA) is 67.8 Å². The Morgan fingerprint density at radius 2 is 1.91 bits per heavy atom. The van der Waals surface area contributed by atoms with Gasteiger partial charge in [-0.2, -0.15) is 5.10 Å². The number of carbonyl (C=O) groups excluding carboxylic acids is 2. The summed E-state index contributed by atoms with van der Waals surface area (Å²) in [4.78, 5) is 24.3. The Morgan fingerprint density at radius 3 is 2.50 bits per heavy atom. The Kier molecular flexibility index (Phi) is 4.64. The molecule has 1 aliphatic heterocycles. The lowest BCUT2D eigenvalue weighted by atomic mass is 9.83. The van der Waals surface area contributed by atoms with Crippen molar-refractivity contribution >= 4 is 17.6 Å². The number of rotatable bonds is 3. The molecule has 0 bridgehead atoms. The van der Waals surface area contributed by atoms with Crippen molar-refractivity contribution < 1.29 is 14.3 Å². The van der Waals surface area contributed by atoms with Gasteiger partial charge in [-0.3, -0.25) is 4.79 Å². The van der Waals surface area contributed by atoms with Crippen LogP contribution in [0.5, 0.6) is 0 Å². The van der Waals surface area contributed by atoms with Gasteiger partial charge in [0.15, 0.2) is 0 Å². The predicted molar refractivity (Wildman–Crippen MR) is 84.2 cm³/mol. The van der Waals surface area contributed by atoms with Crippen molar-refractivity contribution in [2.75, 3.05) is 0 Å². The molecule has 2 rings (SSSR count). The van der Waals surface area contributed by atoms with E-state index in [9.17, 15) is 9.59 Å². The third kappa shape index (κ3) is 3.93. The molecule has 0 saturated carbocycles. The number of amides is 1. The highest BCUT2D eigenvalue weighted by Gasteiger charge is 2.37. The number of benzene rings is 1. The Morgan fingerprint density at radius 1 is 1.27 bits per heavy atom. The first-order valence-electron chi connectivity index (χ1n) is 7.42. The van der Waals surface area contributed by atoms with Crippen LogP contribution in [0.2, 0.25) is 0 Å². The van der Waals surface area contributed by atoms with Crippen LogP contribution in [0.3, 0.4) is 0 Å². The van der Waals surface area contributed by atoms with Crippen molar-refractivity contribution in [1.82, 2.24) is 5.43 Å². The standard InChI is InChI=1S/C17H22N2O3/c1-11-13(10-12-8-6-5-7-9-12)15(20)19-18-14(11)16(21)22-17(2,3)4/h5-9,11,13H,10H2,1-4H3,(H,19,20)/t11-,13+/m1/s1. The Labute approximate surface area is 130 Å². The van der Waals surface area contributed by atoms with Gasteiger partial charge in [0.25, 0.3) is 0 Å². The molecule has 1 aliphatic rings. The summed E-state index contributed by atoms with van der Waals surface area (Å²) in [6.45, 7) is 7.26. The van der Waals surface area contributed by atoms with Crippen molar-refractivity contribution in [3.63, 3.8) is 0 Å². The van der Waals surface area contributed by atoms with Crippen molar-refractivity contribution in [3.8, 4) is 0 Å². The zero-order valence-electron chi connectivity index (χ0n) is 13.4. The lowest BCUT2D eigenvalue weighted by molar-refractivity contribution is -0.146. The first-order valence-corrected chi connectivity index (χ1v) is 7.42. The van der Waals surface area contributed by atoms with E-state index in [0.29, 0.717) is 6.42 Å². The maximum absolute atomic E-state index is 12.2. The fraction of sp³-hybridized carbons (Fsp3) is 0.471. The van der Waals surface area contributed by atoms with Gasteiger partial charge < -0.3 is 4.74 Å². The van der Waals surface area contributed by atoms with Crippen molar-refractivity contribution in [1.29, 1.82) is 0 Å². The molecule has 22 heavy (non-hydrogen) atoms. The van der Waals surface area contributed by atoms with E-state index in [1.807, 2.05) is 37.3 Å². The van der Waals surface area contributed by atoms with E-state index < -0.39 is 11.6 Å². The van der Waals surface area contributed by atoms with Gasteiger partial charge in [-0.25, -0.2) is 10.2 Å². The summed E-state index contributed by atoms with van der Waals surface area (Å²) in [6.07, 6.45) is 0.565. The fourth-order valence-electron chi connectivity index (χ4n) is 2.42. The normalized spacial score (nSPS) is 21.8. The van der Waals surface area contributed by atoms with Gasteiger partial charge >= 0.3 is 5.97 Å². The number of hydrogen-bond donors (Lipinski definition) is 1. The quantitative estimate of drug-likeness (QED) is 0.871. The second kappa shape index (κ2) is 6.30. The van der Waals surface area contributed by atoms with Crippen molar-refractivity contribution in [2.45, 2.75) is 39.7 Å². The maximum atomic E-state index is 12.2. The third-order valence-corrected chi connectivity index (χ3v) is 3.56. The Hall–Kier alpha value is -2.17. The molecule has 5 nitrogen and oxygen atoms in total. The molecule has 1 N–H and O–H groups in total.